The number of carboxylic acids is 1. The van der Waals surface area contributed by atoms with Gasteiger partial charge in [-0.05, 0) is 6.42 Å². The van der Waals surface area contributed by atoms with Crippen LogP contribution in [0.15, 0.2) is 0 Å². The molecule has 1 heterocycles. The number of likely N-dealkylation sites (tertiary alicyclic amines) is 1. The lowest BCUT2D eigenvalue weighted by molar-refractivity contribution is -0.184. The third-order valence-electron chi connectivity index (χ3n) is 2.39. The fraction of sp³-hybridized carbons (Fsp3) is 0.778. The second-order valence-electron chi connectivity index (χ2n) is 3.81. The van der Waals surface area contributed by atoms with Gasteiger partial charge in [-0.3, -0.25) is 4.79 Å². The van der Waals surface area contributed by atoms with Crippen LogP contribution in [0.2, 0.25) is 0 Å². The molecule has 1 aliphatic rings. The van der Waals surface area contributed by atoms with Gasteiger partial charge in [0.15, 0.2) is 0 Å². The Kier molecular flexibility index (Phi) is 4.33. The summed E-state index contributed by atoms with van der Waals surface area (Å²) in [7, 11) is 0. The van der Waals surface area contributed by atoms with Gasteiger partial charge in [0.05, 0.1) is 6.61 Å². The standard InChI is InChI=1S/C9H12F3NO4/c10-9(11,12)8(16)13-2-1-6(3-13)4-17-5-7(14)15/h6H,1-5H2,(H,14,15). The predicted molar refractivity (Wildman–Crippen MR) is 49.2 cm³/mol. The number of amides is 1. The summed E-state index contributed by atoms with van der Waals surface area (Å²) in [5.41, 5.74) is 0. The number of alkyl halides is 3. The van der Waals surface area contributed by atoms with Gasteiger partial charge in [-0.1, -0.05) is 0 Å². The van der Waals surface area contributed by atoms with Crippen molar-refractivity contribution in [3.05, 3.63) is 0 Å². The molecule has 1 fully saturated rings. The first-order chi connectivity index (χ1) is 7.80. The minimum atomic E-state index is -4.85. The first-order valence-corrected chi connectivity index (χ1v) is 4.96. The molecule has 1 aliphatic heterocycles. The molecule has 0 saturated carbocycles. The fourth-order valence-electron chi connectivity index (χ4n) is 1.65. The minimum absolute atomic E-state index is 0.0272. The van der Waals surface area contributed by atoms with E-state index in [2.05, 4.69) is 0 Å². The zero-order valence-corrected chi connectivity index (χ0v) is 8.87. The molecule has 1 saturated heterocycles. The van der Waals surface area contributed by atoms with Crippen molar-refractivity contribution >= 4 is 11.9 Å². The molecule has 1 unspecified atom stereocenters. The van der Waals surface area contributed by atoms with Gasteiger partial charge in [-0.2, -0.15) is 13.2 Å². The van der Waals surface area contributed by atoms with Crippen LogP contribution in [-0.2, 0) is 14.3 Å². The van der Waals surface area contributed by atoms with Gasteiger partial charge >= 0.3 is 18.1 Å². The van der Waals surface area contributed by atoms with Gasteiger partial charge in [0.25, 0.3) is 0 Å². The molecule has 17 heavy (non-hydrogen) atoms. The topological polar surface area (TPSA) is 66.8 Å². The lowest BCUT2D eigenvalue weighted by Gasteiger charge is -2.17. The number of hydrogen-bond donors (Lipinski definition) is 1. The summed E-state index contributed by atoms with van der Waals surface area (Å²) in [6.45, 7) is -0.449. The summed E-state index contributed by atoms with van der Waals surface area (Å²) in [6.07, 6.45) is -4.46. The third-order valence-corrected chi connectivity index (χ3v) is 2.39. The molecule has 1 N–H and O–H groups in total. The molecular weight excluding hydrogens is 243 g/mol. The molecule has 1 amide bonds. The Hall–Kier alpha value is -1.31. The molecule has 0 aromatic carbocycles. The summed E-state index contributed by atoms with van der Waals surface area (Å²) in [6, 6.07) is 0. The van der Waals surface area contributed by atoms with Gasteiger partial charge < -0.3 is 14.7 Å². The number of nitrogens with zero attached hydrogens (tertiary/aromatic N) is 1. The van der Waals surface area contributed by atoms with E-state index in [1.54, 1.807) is 0 Å². The van der Waals surface area contributed by atoms with Crippen LogP contribution in [0.1, 0.15) is 6.42 Å². The first-order valence-electron chi connectivity index (χ1n) is 4.96. The number of carboxylic acid groups (broad SMARTS) is 1. The Labute approximate surface area is 95.1 Å². The van der Waals surface area contributed by atoms with Gasteiger partial charge in [0.2, 0.25) is 0 Å². The Morgan fingerprint density at radius 3 is 2.59 bits per heavy atom. The largest absolute Gasteiger partial charge is 0.480 e. The van der Waals surface area contributed by atoms with Crippen LogP contribution < -0.4 is 0 Å². The molecule has 1 rings (SSSR count). The maximum absolute atomic E-state index is 12.1. The van der Waals surface area contributed by atoms with Crippen LogP contribution in [0.4, 0.5) is 13.2 Å². The number of rotatable bonds is 4. The predicted octanol–water partition coefficient (Wildman–Crippen LogP) is 0.498. The maximum atomic E-state index is 12.1. The second kappa shape index (κ2) is 5.35. The lowest BCUT2D eigenvalue weighted by atomic mass is 10.1. The Morgan fingerprint density at radius 2 is 2.06 bits per heavy atom. The van der Waals surface area contributed by atoms with Crippen LogP contribution in [0.25, 0.3) is 0 Å². The van der Waals surface area contributed by atoms with E-state index in [-0.39, 0.29) is 25.6 Å². The van der Waals surface area contributed by atoms with E-state index in [4.69, 9.17) is 9.84 Å². The van der Waals surface area contributed by atoms with E-state index >= 15 is 0 Å². The summed E-state index contributed by atoms with van der Waals surface area (Å²) in [5, 5.41) is 8.30. The highest BCUT2D eigenvalue weighted by atomic mass is 19.4. The molecule has 0 bridgehead atoms. The van der Waals surface area contributed by atoms with Gasteiger partial charge in [-0.15, -0.1) is 0 Å². The van der Waals surface area contributed by atoms with Gasteiger partial charge in [0, 0.05) is 19.0 Å². The van der Waals surface area contributed by atoms with E-state index < -0.39 is 24.7 Å². The van der Waals surface area contributed by atoms with Crippen molar-refractivity contribution in [3.8, 4) is 0 Å². The zero-order valence-electron chi connectivity index (χ0n) is 8.87. The highest BCUT2D eigenvalue weighted by molar-refractivity contribution is 5.82. The Morgan fingerprint density at radius 1 is 1.41 bits per heavy atom. The molecule has 8 heteroatoms. The van der Waals surface area contributed by atoms with Crippen LogP contribution in [0, 0.1) is 5.92 Å². The molecule has 0 aromatic rings. The molecule has 0 spiro atoms. The molecule has 0 radical (unpaired) electrons. The average Bonchev–Trinajstić information content (AvgIpc) is 2.63. The number of hydrogen-bond acceptors (Lipinski definition) is 3. The van der Waals surface area contributed by atoms with Crippen molar-refractivity contribution in [1.29, 1.82) is 0 Å². The minimum Gasteiger partial charge on any atom is -0.480 e. The van der Waals surface area contributed by atoms with E-state index in [0.717, 1.165) is 4.90 Å². The first kappa shape index (κ1) is 13.8. The molecule has 5 nitrogen and oxygen atoms in total. The molecule has 98 valence electrons. The summed E-state index contributed by atoms with van der Waals surface area (Å²) in [4.78, 5) is 21.7. The van der Waals surface area contributed by atoms with Crippen molar-refractivity contribution in [2.45, 2.75) is 12.6 Å². The summed E-state index contributed by atoms with van der Waals surface area (Å²) >= 11 is 0. The quantitative estimate of drug-likeness (QED) is 0.794. The fourth-order valence-corrected chi connectivity index (χ4v) is 1.65. The van der Waals surface area contributed by atoms with Crippen molar-refractivity contribution in [2.24, 2.45) is 5.92 Å². The van der Waals surface area contributed by atoms with E-state index in [1.165, 1.54) is 0 Å². The lowest BCUT2D eigenvalue weighted by Crippen LogP contribution is -2.39. The van der Waals surface area contributed by atoms with Crippen molar-refractivity contribution in [2.75, 3.05) is 26.3 Å². The van der Waals surface area contributed by atoms with E-state index in [9.17, 15) is 22.8 Å². The Bertz CT molecular complexity index is 305. The SMILES string of the molecule is O=C(O)COCC1CCN(C(=O)C(F)(F)F)C1. The number of halogens is 3. The monoisotopic (exact) mass is 255 g/mol. The van der Waals surface area contributed by atoms with Crippen molar-refractivity contribution < 1.29 is 32.6 Å². The summed E-state index contributed by atoms with van der Waals surface area (Å²) < 4.78 is 41.0. The highest BCUT2D eigenvalue weighted by Crippen LogP contribution is 2.24. The average molecular weight is 255 g/mol. The smallest absolute Gasteiger partial charge is 0.471 e. The molecule has 0 aliphatic carbocycles. The van der Waals surface area contributed by atoms with Crippen LogP contribution in [-0.4, -0.2) is 54.4 Å². The van der Waals surface area contributed by atoms with Gasteiger partial charge in [-0.25, -0.2) is 4.79 Å². The maximum Gasteiger partial charge on any atom is 0.471 e. The number of carbonyl (C=O) groups is 2. The van der Waals surface area contributed by atoms with Gasteiger partial charge in [0.1, 0.15) is 6.61 Å². The highest BCUT2D eigenvalue weighted by Gasteiger charge is 2.44. The van der Waals surface area contributed by atoms with Crippen molar-refractivity contribution in [1.82, 2.24) is 4.90 Å². The molecule has 0 aromatic heterocycles. The zero-order chi connectivity index (χ0) is 13.1. The normalized spacial score (nSPS) is 20.6. The number of ether oxygens (including phenoxy) is 1. The van der Waals surface area contributed by atoms with E-state index in [0.29, 0.717) is 6.42 Å². The van der Waals surface area contributed by atoms with Crippen LogP contribution in [0.3, 0.4) is 0 Å². The second-order valence-corrected chi connectivity index (χ2v) is 3.81. The van der Waals surface area contributed by atoms with Crippen LogP contribution >= 0.6 is 0 Å². The van der Waals surface area contributed by atoms with Crippen molar-refractivity contribution in [3.63, 3.8) is 0 Å². The molecular formula is C9H12F3NO4. The van der Waals surface area contributed by atoms with Crippen LogP contribution in [0.5, 0.6) is 0 Å². The number of carbonyl (C=O) groups excluding carboxylic acids is 1. The third kappa shape index (κ3) is 4.22. The Balaban J connectivity index is 2.32. The van der Waals surface area contributed by atoms with E-state index in [1.807, 2.05) is 0 Å². The summed E-state index contributed by atoms with van der Waals surface area (Å²) in [5.74, 6) is -3.22. The molecule has 1 atom stereocenters. The number of aliphatic carboxylic acids is 1.